The van der Waals surface area contributed by atoms with E-state index in [-0.39, 0.29) is 15.5 Å². The van der Waals surface area contributed by atoms with Gasteiger partial charge in [-0.1, -0.05) is 6.07 Å². The van der Waals surface area contributed by atoms with Crippen LogP contribution in [0, 0.1) is 0 Å². The molecule has 0 fully saturated rings. The monoisotopic (exact) mass is 408 g/mol. The van der Waals surface area contributed by atoms with Crippen LogP contribution in [0.5, 0.6) is 0 Å². The molecule has 0 atom stereocenters. The molecule has 26 heavy (non-hydrogen) atoms. The second kappa shape index (κ2) is 6.89. The fraction of sp³-hybridized carbons (Fsp3) is 0.200. The number of hydrogen-bond acceptors (Lipinski definition) is 4. The summed E-state index contributed by atoms with van der Waals surface area (Å²) in [5, 5.41) is 0. The topological polar surface area (TPSA) is 83.6 Å². The van der Waals surface area contributed by atoms with Crippen LogP contribution in [-0.4, -0.2) is 35.2 Å². The van der Waals surface area contributed by atoms with E-state index in [1.165, 1.54) is 32.3 Å². The quantitative estimate of drug-likeness (QED) is 0.825. The van der Waals surface area contributed by atoms with Crippen LogP contribution in [0.1, 0.15) is 5.56 Å². The minimum atomic E-state index is -4.58. The molecule has 0 aliphatic rings. The van der Waals surface area contributed by atoms with Gasteiger partial charge in [0.05, 0.1) is 21.0 Å². The van der Waals surface area contributed by atoms with E-state index in [0.29, 0.717) is 12.1 Å². The molecule has 0 aromatic heterocycles. The fourth-order valence-electron chi connectivity index (χ4n) is 1.97. The van der Waals surface area contributed by atoms with Gasteiger partial charge < -0.3 is 0 Å². The Hall–Kier alpha value is -2.11. The van der Waals surface area contributed by atoms with E-state index in [2.05, 4.69) is 4.72 Å². The van der Waals surface area contributed by atoms with E-state index < -0.39 is 31.8 Å². The third kappa shape index (κ3) is 4.34. The largest absolute Gasteiger partial charge is 0.416 e. The fourth-order valence-corrected chi connectivity index (χ4v) is 3.97. The van der Waals surface area contributed by atoms with Crippen molar-refractivity contribution < 1.29 is 30.0 Å². The number of halogens is 3. The lowest BCUT2D eigenvalue weighted by molar-refractivity contribution is -0.137. The maximum Gasteiger partial charge on any atom is 0.416 e. The highest BCUT2D eigenvalue weighted by molar-refractivity contribution is 7.92. The second-order valence-electron chi connectivity index (χ2n) is 5.44. The van der Waals surface area contributed by atoms with Crippen molar-refractivity contribution in [3.05, 3.63) is 54.1 Å². The molecule has 0 aliphatic heterocycles. The van der Waals surface area contributed by atoms with Crippen molar-refractivity contribution in [1.82, 2.24) is 4.31 Å². The summed E-state index contributed by atoms with van der Waals surface area (Å²) < 4.78 is 89.6. The average molecular weight is 408 g/mol. The summed E-state index contributed by atoms with van der Waals surface area (Å²) in [7, 11) is -5.30. The number of benzene rings is 2. The number of nitrogens with one attached hydrogen (secondary N) is 1. The molecule has 0 amide bonds. The number of sulfonamides is 2. The first-order valence-corrected chi connectivity index (χ1v) is 9.99. The van der Waals surface area contributed by atoms with Crippen LogP contribution in [0.15, 0.2) is 58.3 Å². The van der Waals surface area contributed by atoms with Crippen LogP contribution in [0.25, 0.3) is 0 Å². The Bertz CT molecular complexity index is 1000. The predicted octanol–water partition coefficient (Wildman–Crippen LogP) is 2.76. The zero-order valence-corrected chi connectivity index (χ0v) is 15.3. The number of rotatable bonds is 5. The zero-order valence-electron chi connectivity index (χ0n) is 13.6. The molecule has 142 valence electrons. The molecule has 0 saturated carbocycles. The van der Waals surface area contributed by atoms with Gasteiger partial charge in [0.1, 0.15) is 0 Å². The van der Waals surface area contributed by atoms with Gasteiger partial charge in [-0.15, -0.1) is 0 Å². The number of anilines is 1. The Morgan fingerprint density at radius 2 is 1.46 bits per heavy atom. The van der Waals surface area contributed by atoms with Crippen molar-refractivity contribution in [3.8, 4) is 0 Å². The van der Waals surface area contributed by atoms with Crippen molar-refractivity contribution in [2.45, 2.75) is 16.0 Å². The molecule has 6 nitrogen and oxygen atoms in total. The van der Waals surface area contributed by atoms with Crippen molar-refractivity contribution in [2.24, 2.45) is 0 Å². The molecule has 0 aliphatic carbocycles. The Balaban J connectivity index is 2.33. The molecule has 0 unspecified atom stereocenters. The van der Waals surface area contributed by atoms with Crippen molar-refractivity contribution in [2.75, 3.05) is 18.8 Å². The van der Waals surface area contributed by atoms with E-state index in [0.717, 1.165) is 22.5 Å². The Kier molecular flexibility index (Phi) is 5.36. The minimum absolute atomic E-state index is 0.0344. The van der Waals surface area contributed by atoms with Gasteiger partial charge in [0.2, 0.25) is 10.0 Å². The van der Waals surface area contributed by atoms with E-state index in [1.807, 2.05) is 0 Å². The van der Waals surface area contributed by atoms with Crippen LogP contribution in [0.4, 0.5) is 18.9 Å². The maximum atomic E-state index is 12.6. The molecular weight excluding hydrogens is 393 g/mol. The normalized spacial score (nSPS) is 13.0. The van der Waals surface area contributed by atoms with Crippen molar-refractivity contribution in [3.63, 3.8) is 0 Å². The van der Waals surface area contributed by atoms with Gasteiger partial charge in [-0.25, -0.2) is 21.1 Å². The number of hydrogen-bond donors (Lipinski definition) is 1. The second-order valence-corrected chi connectivity index (χ2v) is 9.28. The predicted molar refractivity (Wildman–Crippen MR) is 89.6 cm³/mol. The van der Waals surface area contributed by atoms with Gasteiger partial charge in [0, 0.05) is 14.1 Å². The number of nitrogens with zero attached hydrogens (tertiary/aromatic N) is 1. The Morgan fingerprint density at radius 3 is 1.96 bits per heavy atom. The lowest BCUT2D eigenvalue weighted by atomic mass is 10.2. The third-order valence-electron chi connectivity index (χ3n) is 3.36. The molecule has 0 spiro atoms. The highest BCUT2D eigenvalue weighted by Gasteiger charge is 2.30. The smallest absolute Gasteiger partial charge is 0.280 e. The van der Waals surface area contributed by atoms with Gasteiger partial charge in [0.25, 0.3) is 10.0 Å². The van der Waals surface area contributed by atoms with Crippen LogP contribution in [0.2, 0.25) is 0 Å². The SMILES string of the molecule is CN(C)S(=O)(=O)c1cccc(NS(=O)(=O)c2ccc(C(F)(F)F)cc2)c1. The molecular formula is C15H15F3N2O4S2. The summed E-state index contributed by atoms with van der Waals surface area (Å²) in [6.45, 7) is 0. The standard InChI is InChI=1S/C15H15F3N2O4S2/c1-20(2)26(23,24)14-5-3-4-12(10-14)19-25(21,22)13-8-6-11(7-9-13)15(16,17)18/h3-10,19H,1-2H3. The van der Waals surface area contributed by atoms with Gasteiger partial charge in [-0.3, -0.25) is 4.72 Å². The first-order valence-electron chi connectivity index (χ1n) is 7.07. The molecule has 0 bridgehead atoms. The Labute approximate surface area is 149 Å². The van der Waals surface area contributed by atoms with Crippen molar-refractivity contribution in [1.29, 1.82) is 0 Å². The average Bonchev–Trinajstić information content (AvgIpc) is 2.54. The minimum Gasteiger partial charge on any atom is -0.280 e. The molecule has 1 N–H and O–H groups in total. The molecule has 11 heteroatoms. The summed E-state index contributed by atoms with van der Waals surface area (Å²) in [5.74, 6) is 0. The maximum absolute atomic E-state index is 12.6. The lowest BCUT2D eigenvalue weighted by Gasteiger charge is -2.13. The number of alkyl halides is 3. The van der Waals surface area contributed by atoms with Gasteiger partial charge in [-0.2, -0.15) is 13.2 Å². The first kappa shape index (κ1) is 20.2. The highest BCUT2D eigenvalue weighted by atomic mass is 32.2. The summed E-state index contributed by atoms with van der Waals surface area (Å²) >= 11 is 0. The van der Waals surface area contributed by atoms with Crippen molar-refractivity contribution >= 4 is 25.7 Å². The summed E-state index contributed by atoms with van der Waals surface area (Å²) in [6, 6.07) is 8.06. The first-order chi connectivity index (χ1) is 11.8. The molecule has 0 heterocycles. The van der Waals surface area contributed by atoms with Crippen LogP contribution in [0.3, 0.4) is 0 Å². The van der Waals surface area contributed by atoms with Crippen LogP contribution < -0.4 is 4.72 Å². The van der Waals surface area contributed by atoms with E-state index >= 15 is 0 Å². The van der Waals surface area contributed by atoms with E-state index in [9.17, 15) is 30.0 Å². The van der Waals surface area contributed by atoms with E-state index in [1.54, 1.807) is 0 Å². The molecule has 2 aromatic rings. The zero-order chi connectivity index (χ0) is 19.8. The van der Waals surface area contributed by atoms with Gasteiger partial charge in [-0.05, 0) is 42.5 Å². The van der Waals surface area contributed by atoms with Crippen LogP contribution >= 0.6 is 0 Å². The van der Waals surface area contributed by atoms with Gasteiger partial charge in [0.15, 0.2) is 0 Å². The molecule has 0 radical (unpaired) electrons. The highest BCUT2D eigenvalue weighted by Crippen LogP contribution is 2.30. The third-order valence-corrected chi connectivity index (χ3v) is 6.57. The molecule has 2 rings (SSSR count). The summed E-state index contributed by atoms with van der Waals surface area (Å²) in [5.41, 5.74) is -1.01. The Morgan fingerprint density at radius 1 is 0.885 bits per heavy atom. The lowest BCUT2D eigenvalue weighted by Crippen LogP contribution is -2.22. The van der Waals surface area contributed by atoms with Crippen LogP contribution in [-0.2, 0) is 26.2 Å². The van der Waals surface area contributed by atoms with Gasteiger partial charge >= 0.3 is 6.18 Å². The summed E-state index contributed by atoms with van der Waals surface area (Å²) in [4.78, 5) is -0.513. The molecule has 0 saturated heterocycles. The van der Waals surface area contributed by atoms with E-state index in [4.69, 9.17) is 0 Å². The summed E-state index contributed by atoms with van der Waals surface area (Å²) in [6.07, 6.45) is -4.58. The molecule has 2 aromatic carbocycles.